The Bertz CT molecular complexity index is 422. The highest BCUT2D eigenvalue weighted by molar-refractivity contribution is 5.94. The van der Waals surface area contributed by atoms with Gasteiger partial charge in [0.15, 0.2) is 11.6 Å². The Hall–Kier alpha value is -1.53. The topological polar surface area (TPSA) is 64.3 Å². The molecule has 6 heteroatoms. The van der Waals surface area contributed by atoms with Crippen LogP contribution in [0.25, 0.3) is 0 Å². The quantitative estimate of drug-likeness (QED) is 0.786. The van der Waals surface area contributed by atoms with E-state index in [2.05, 4.69) is 10.2 Å². The Morgan fingerprint density at radius 3 is 2.59 bits per heavy atom. The van der Waals surface area contributed by atoms with Crippen LogP contribution in [0.4, 0.5) is 8.78 Å². The average Bonchev–Trinajstić information content (AvgIpc) is 2.21. The Morgan fingerprint density at radius 1 is 1.41 bits per heavy atom. The van der Waals surface area contributed by atoms with E-state index < -0.39 is 23.1 Å². The zero-order valence-electron chi connectivity index (χ0n) is 9.59. The van der Waals surface area contributed by atoms with Crippen molar-refractivity contribution in [2.45, 2.75) is 19.4 Å². The van der Waals surface area contributed by atoms with Gasteiger partial charge >= 0.3 is 0 Å². The molecule has 0 aliphatic heterocycles. The van der Waals surface area contributed by atoms with Gasteiger partial charge in [-0.25, -0.2) is 14.7 Å². The van der Waals surface area contributed by atoms with Crippen LogP contribution in [0, 0.1) is 11.6 Å². The van der Waals surface area contributed by atoms with E-state index in [1.807, 2.05) is 0 Å². The van der Waals surface area contributed by atoms with Crippen LogP contribution < -0.4 is 11.2 Å². The molecule has 1 aromatic carbocycles. The van der Waals surface area contributed by atoms with Crippen LogP contribution in [0.2, 0.25) is 0 Å². The minimum Gasteiger partial charge on any atom is -0.345 e. The number of nitrogens with two attached hydrogens (primary N) is 1. The molecular weight excluding hydrogens is 230 g/mol. The molecule has 4 nitrogen and oxygen atoms in total. The van der Waals surface area contributed by atoms with Gasteiger partial charge in [0.05, 0.1) is 12.1 Å². The summed E-state index contributed by atoms with van der Waals surface area (Å²) in [6, 6.07) is 2.94. The molecule has 0 aliphatic rings. The third-order valence-corrected chi connectivity index (χ3v) is 2.08. The summed E-state index contributed by atoms with van der Waals surface area (Å²) in [5, 5.41) is 2.59. The molecule has 1 rings (SSSR count). The molecule has 1 aromatic rings. The summed E-state index contributed by atoms with van der Waals surface area (Å²) in [6.45, 7) is 3.48. The number of amides is 1. The first-order chi connectivity index (χ1) is 7.85. The van der Waals surface area contributed by atoms with E-state index in [1.165, 1.54) is 6.07 Å². The number of nitrogens with one attached hydrogen (secondary N) is 1. The van der Waals surface area contributed by atoms with Crippen LogP contribution in [-0.4, -0.2) is 18.1 Å². The van der Waals surface area contributed by atoms with Gasteiger partial charge in [0, 0.05) is 5.56 Å². The molecule has 0 unspecified atom stereocenters. The van der Waals surface area contributed by atoms with Gasteiger partial charge in [0.25, 0.3) is 5.91 Å². The second-order valence-corrected chi connectivity index (χ2v) is 4.28. The fourth-order valence-corrected chi connectivity index (χ4v) is 1.26. The van der Waals surface area contributed by atoms with E-state index in [1.54, 1.807) is 13.8 Å². The predicted octanol–water partition coefficient (Wildman–Crippen LogP) is 1.36. The van der Waals surface area contributed by atoms with Gasteiger partial charge in [-0.05, 0) is 32.0 Å². The minimum atomic E-state index is -1.06. The summed E-state index contributed by atoms with van der Waals surface area (Å²) < 4.78 is 25.6. The summed E-state index contributed by atoms with van der Waals surface area (Å²) in [4.78, 5) is 16.1. The van der Waals surface area contributed by atoms with Gasteiger partial charge in [-0.15, -0.1) is 0 Å². The second-order valence-electron chi connectivity index (χ2n) is 4.28. The van der Waals surface area contributed by atoms with Gasteiger partial charge in [-0.1, -0.05) is 0 Å². The summed E-state index contributed by atoms with van der Waals surface area (Å²) >= 11 is 0. The predicted molar refractivity (Wildman–Crippen MR) is 58.0 cm³/mol. The first-order valence-electron chi connectivity index (χ1n) is 4.95. The second kappa shape index (κ2) is 5.20. The largest absolute Gasteiger partial charge is 0.345 e. The average molecular weight is 244 g/mol. The molecule has 17 heavy (non-hydrogen) atoms. The molecule has 0 heterocycles. The van der Waals surface area contributed by atoms with Gasteiger partial charge in [-0.2, -0.15) is 0 Å². The Morgan fingerprint density at radius 2 is 2.06 bits per heavy atom. The zero-order chi connectivity index (χ0) is 13.1. The summed E-state index contributed by atoms with van der Waals surface area (Å²) in [5.41, 5.74) is -0.662. The fourth-order valence-electron chi connectivity index (χ4n) is 1.26. The molecular formula is C11H14F2N2O2. The van der Waals surface area contributed by atoms with E-state index in [0.29, 0.717) is 0 Å². The van der Waals surface area contributed by atoms with Crippen molar-refractivity contribution in [3.63, 3.8) is 0 Å². The minimum absolute atomic E-state index is 0.0361. The molecule has 3 N–H and O–H groups in total. The van der Waals surface area contributed by atoms with Crippen molar-refractivity contribution in [2.24, 2.45) is 5.90 Å². The van der Waals surface area contributed by atoms with Gasteiger partial charge in [0.1, 0.15) is 0 Å². The number of halogens is 2. The van der Waals surface area contributed by atoms with Crippen LogP contribution >= 0.6 is 0 Å². The van der Waals surface area contributed by atoms with E-state index in [4.69, 9.17) is 5.90 Å². The number of carbonyl (C=O) groups is 1. The fraction of sp³-hybridized carbons (Fsp3) is 0.364. The molecule has 94 valence electrons. The van der Waals surface area contributed by atoms with Crippen LogP contribution in [0.15, 0.2) is 18.2 Å². The third kappa shape index (κ3) is 3.76. The van der Waals surface area contributed by atoms with Crippen molar-refractivity contribution >= 4 is 5.91 Å². The number of hydrogen-bond acceptors (Lipinski definition) is 3. The third-order valence-electron chi connectivity index (χ3n) is 2.08. The lowest BCUT2D eigenvalue weighted by molar-refractivity contribution is 0.0687. The Balaban J connectivity index is 2.80. The standard InChI is InChI=1S/C11H14F2N2O2/c1-11(2,6-17-14)15-10(16)7-3-4-8(12)9(13)5-7/h3-5H,6,14H2,1-2H3,(H,15,16). The van der Waals surface area contributed by atoms with Crippen molar-refractivity contribution in [2.75, 3.05) is 6.61 Å². The van der Waals surface area contributed by atoms with Crippen LogP contribution in [0.3, 0.4) is 0 Å². The van der Waals surface area contributed by atoms with Crippen molar-refractivity contribution in [1.82, 2.24) is 5.32 Å². The maximum atomic E-state index is 12.9. The molecule has 0 aromatic heterocycles. The first-order valence-corrected chi connectivity index (χ1v) is 4.95. The molecule has 0 fully saturated rings. The van der Waals surface area contributed by atoms with Gasteiger partial charge in [0.2, 0.25) is 0 Å². The molecule has 1 amide bonds. The van der Waals surface area contributed by atoms with Crippen molar-refractivity contribution in [1.29, 1.82) is 0 Å². The molecule has 0 bridgehead atoms. The van der Waals surface area contributed by atoms with E-state index in [0.717, 1.165) is 12.1 Å². The van der Waals surface area contributed by atoms with Gasteiger partial charge in [-0.3, -0.25) is 4.79 Å². The van der Waals surface area contributed by atoms with Crippen LogP contribution in [-0.2, 0) is 4.84 Å². The maximum absolute atomic E-state index is 12.9. The highest BCUT2D eigenvalue weighted by Gasteiger charge is 2.21. The lowest BCUT2D eigenvalue weighted by atomic mass is 10.1. The lowest BCUT2D eigenvalue weighted by Crippen LogP contribution is -2.47. The lowest BCUT2D eigenvalue weighted by Gasteiger charge is -2.24. The summed E-state index contributed by atoms with van der Waals surface area (Å²) in [7, 11) is 0. The highest BCUT2D eigenvalue weighted by Crippen LogP contribution is 2.10. The SMILES string of the molecule is CC(C)(CON)NC(=O)c1ccc(F)c(F)c1. The van der Waals surface area contributed by atoms with E-state index in [9.17, 15) is 13.6 Å². The van der Waals surface area contributed by atoms with E-state index >= 15 is 0 Å². The van der Waals surface area contributed by atoms with Crippen molar-refractivity contribution in [3.05, 3.63) is 35.4 Å². The number of carbonyl (C=O) groups excluding carboxylic acids is 1. The molecule has 0 spiro atoms. The summed E-state index contributed by atoms with van der Waals surface area (Å²) in [6.07, 6.45) is 0. The molecule has 0 aliphatic carbocycles. The van der Waals surface area contributed by atoms with Crippen molar-refractivity contribution in [3.8, 4) is 0 Å². The summed E-state index contributed by atoms with van der Waals surface area (Å²) in [5.74, 6) is 2.33. The smallest absolute Gasteiger partial charge is 0.251 e. The molecule has 0 saturated carbocycles. The normalized spacial score (nSPS) is 11.4. The monoisotopic (exact) mass is 244 g/mol. The maximum Gasteiger partial charge on any atom is 0.251 e. The highest BCUT2D eigenvalue weighted by atomic mass is 19.2. The van der Waals surface area contributed by atoms with Gasteiger partial charge < -0.3 is 10.2 Å². The molecule has 0 saturated heterocycles. The van der Waals surface area contributed by atoms with Crippen LogP contribution in [0.1, 0.15) is 24.2 Å². The molecule has 0 radical (unpaired) electrons. The number of rotatable bonds is 4. The van der Waals surface area contributed by atoms with Crippen molar-refractivity contribution < 1.29 is 18.4 Å². The first kappa shape index (κ1) is 13.5. The zero-order valence-corrected chi connectivity index (χ0v) is 9.59. The van der Waals surface area contributed by atoms with E-state index in [-0.39, 0.29) is 12.2 Å². The Labute approximate surface area is 97.7 Å². The number of benzene rings is 1. The molecule has 0 atom stereocenters. The number of hydrogen-bond donors (Lipinski definition) is 2. The Kier molecular flexibility index (Phi) is 4.14. The van der Waals surface area contributed by atoms with Crippen LogP contribution in [0.5, 0.6) is 0 Å².